The van der Waals surface area contributed by atoms with Crippen molar-refractivity contribution in [2.45, 2.75) is 20.4 Å². The number of benzene rings is 2. The summed E-state index contributed by atoms with van der Waals surface area (Å²) in [5.41, 5.74) is 2.59. The summed E-state index contributed by atoms with van der Waals surface area (Å²) in [5, 5.41) is 2.84. The molecule has 0 aliphatic carbocycles. The van der Waals surface area contributed by atoms with Crippen LogP contribution in [0.15, 0.2) is 36.4 Å². The minimum atomic E-state index is -0.389. The van der Waals surface area contributed by atoms with Crippen molar-refractivity contribution in [2.24, 2.45) is 0 Å². The Morgan fingerprint density at radius 2 is 1.83 bits per heavy atom. The van der Waals surface area contributed by atoms with Gasteiger partial charge in [0.2, 0.25) is 5.91 Å². The third kappa shape index (κ3) is 3.87. The van der Waals surface area contributed by atoms with Gasteiger partial charge >= 0.3 is 5.97 Å². The van der Waals surface area contributed by atoms with E-state index in [-0.39, 0.29) is 18.4 Å². The fraction of sp³-hybridized carbons (Fsp3) is 0.286. The Kier molecular flexibility index (Phi) is 5.07. The van der Waals surface area contributed by atoms with E-state index in [0.717, 1.165) is 16.9 Å². The molecule has 150 valence electrons. The van der Waals surface area contributed by atoms with Gasteiger partial charge in [0.1, 0.15) is 25.6 Å². The van der Waals surface area contributed by atoms with Crippen LogP contribution in [0.3, 0.4) is 0 Å². The zero-order chi connectivity index (χ0) is 20.4. The molecular formula is C21H21N3O5. The number of carbonyl (C=O) groups is 2. The largest absolute Gasteiger partial charge is 0.486 e. The van der Waals surface area contributed by atoms with Crippen LogP contribution in [0.2, 0.25) is 0 Å². The van der Waals surface area contributed by atoms with Gasteiger partial charge in [-0.05, 0) is 38.1 Å². The van der Waals surface area contributed by atoms with E-state index in [4.69, 9.17) is 14.2 Å². The Morgan fingerprint density at radius 3 is 2.52 bits per heavy atom. The topological polar surface area (TPSA) is 91.7 Å². The molecule has 8 heteroatoms. The van der Waals surface area contributed by atoms with Crippen molar-refractivity contribution in [1.82, 2.24) is 9.55 Å². The van der Waals surface area contributed by atoms with E-state index in [1.165, 1.54) is 0 Å². The molecule has 0 saturated carbocycles. The Labute approximate surface area is 167 Å². The molecule has 1 aromatic heterocycles. The highest BCUT2D eigenvalue weighted by Gasteiger charge is 2.18. The van der Waals surface area contributed by atoms with Gasteiger partial charge in [0.25, 0.3) is 0 Å². The Balaban J connectivity index is 1.50. The highest BCUT2D eigenvalue weighted by atomic mass is 16.6. The molecule has 0 radical (unpaired) electrons. The number of esters is 1. The van der Waals surface area contributed by atoms with Crippen LogP contribution in [0.5, 0.6) is 11.5 Å². The quantitative estimate of drug-likeness (QED) is 0.668. The number of aryl methyl sites for hydroxylation is 1. The summed E-state index contributed by atoms with van der Waals surface area (Å²) in [4.78, 5) is 28.8. The number of carbonyl (C=O) groups excluding carboxylic acids is 2. The molecule has 2 aromatic carbocycles. The maximum Gasteiger partial charge on any atom is 0.338 e. The third-order valence-corrected chi connectivity index (χ3v) is 4.58. The van der Waals surface area contributed by atoms with Crippen LogP contribution in [-0.4, -0.2) is 41.2 Å². The van der Waals surface area contributed by atoms with Crippen LogP contribution < -0.4 is 14.8 Å². The Bertz CT molecular complexity index is 1070. The fourth-order valence-corrected chi connectivity index (χ4v) is 3.23. The zero-order valence-electron chi connectivity index (χ0n) is 16.2. The molecule has 29 heavy (non-hydrogen) atoms. The molecule has 1 aliphatic heterocycles. The van der Waals surface area contributed by atoms with Crippen molar-refractivity contribution in [3.05, 3.63) is 47.8 Å². The van der Waals surface area contributed by atoms with E-state index in [9.17, 15) is 9.59 Å². The second-order valence-corrected chi connectivity index (χ2v) is 6.58. The van der Waals surface area contributed by atoms with E-state index in [0.29, 0.717) is 42.6 Å². The smallest absolute Gasteiger partial charge is 0.338 e. The average molecular weight is 395 g/mol. The van der Waals surface area contributed by atoms with Crippen molar-refractivity contribution >= 4 is 28.6 Å². The number of anilines is 1. The molecule has 1 N–H and O–H groups in total. The van der Waals surface area contributed by atoms with Gasteiger partial charge in [-0.25, -0.2) is 9.78 Å². The number of nitrogens with zero attached hydrogens (tertiary/aromatic N) is 2. The first-order chi connectivity index (χ1) is 14.0. The van der Waals surface area contributed by atoms with Crippen molar-refractivity contribution in [2.75, 3.05) is 25.1 Å². The predicted octanol–water partition coefficient (Wildman–Crippen LogP) is 2.93. The molecule has 0 unspecified atom stereocenters. The first kappa shape index (κ1) is 18.8. The lowest BCUT2D eigenvalue weighted by atomic mass is 10.2. The lowest BCUT2D eigenvalue weighted by Crippen LogP contribution is -2.19. The number of nitrogens with one attached hydrogen (secondary N) is 1. The van der Waals surface area contributed by atoms with Crippen molar-refractivity contribution < 1.29 is 23.8 Å². The van der Waals surface area contributed by atoms with Gasteiger partial charge < -0.3 is 24.1 Å². The fourth-order valence-electron chi connectivity index (χ4n) is 3.23. The molecule has 8 nitrogen and oxygen atoms in total. The summed E-state index contributed by atoms with van der Waals surface area (Å²) < 4.78 is 18.0. The van der Waals surface area contributed by atoms with Gasteiger partial charge in [0.05, 0.1) is 23.2 Å². The van der Waals surface area contributed by atoms with Crippen LogP contribution in [0, 0.1) is 6.92 Å². The first-order valence-corrected chi connectivity index (χ1v) is 9.38. The summed E-state index contributed by atoms with van der Waals surface area (Å²) in [5.74, 6) is 1.45. The van der Waals surface area contributed by atoms with Crippen molar-refractivity contribution in [3.8, 4) is 11.5 Å². The molecule has 3 aromatic rings. The van der Waals surface area contributed by atoms with Gasteiger partial charge in [-0.1, -0.05) is 0 Å². The van der Waals surface area contributed by atoms with Gasteiger partial charge in [0.15, 0.2) is 11.5 Å². The van der Waals surface area contributed by atoms with E-state index in [1.807, 2.05) is 23.6 Å². The monoisotopic (exact) mass is 395 g/mol. The van der Waals surface area contributed by atoms with Crippen LogP contribution in [-0.2, 0) is 16.1 Å². The maximum absolute atomic E-state index is 12.6. The second kappa shape index (κ2) is 7.83. The number of aromatic nitrogens is 2. The number of hydrogen-bond acceptors (Lipinski definition) is 6. The zero-order valence-corrected chi connectivity index (χ0v) is 16.2. The van der Waals surface area contributed by atoms with Crippen LogP contribution in [0.4, 0.5) is 5.69 Å². The molecule has 2 heterocycles. The summed E-state index contributed by atoms with van der Waals surface area (Å²) in [6, 6.07) is 10.3. The average Bonchev–Trinajstić information content (AvgIpc) is 3.01. The Hall–Kier alpha value is -3.55. The van der Waals surface area contributed by atoms with E-state index < -0.39 is 0 Å². The number of hydrogen-bond donors (Lipinski definition) is 1. The minimum absolute atomic E-state index is 0.0988. The van der Waals surface area contributed by atoms with Crippen molar-refractivity contribution in [1.29, 1.82) is 0 Å². The van der Waals surface area contributed by atoms with Crippen LogP contribution in [0.1, 0.15) is 23.1 Å². The minimum Gasteiger partial charge on any atom is -0.486 e. The van der Waals surface area contributed by atoms with Gasteiger partial charge in [-0.15, -0.1) is 0 Å². The first-order valence-electron chi connectivity index (χ1n) is 9.38. The van der Waals surface area contributed by atoms with Gasteiger partial charge in [0, 0.05) is 17.8 Å². The molecule has 1 amide bonds. The van der Waals surface area contributed by atoms with Crippen LogP contribution >= 0.6 is 0 Å². The van der Waals surface area contributed by atoms with Gasteiger partial charge in [-0.2, -0.15) is 0 Å². The van der Waals surface area contributed by atoms with E-state index >= 15 is 0 Å². The molecule has 0 atom stereocenters. The van der Waals surface area contributed by atoms with Gasteiger partial charge in [-0.3, -0.25) is 4.79 Å². The molecule has 0 saturated heterocycles. The normalized spacial score (nSPS) is 12.6. The second-order valence-electron chi connectivity index (χ2n) is 6.58. The van der Waals surface area contributed by atoms with E-state index in [1.54, 1.807) is 31.2 Å². The number of rotatable bonds is 5. The van der Waals surface area contributed by atoms with Crippen LogP contribution in [0.25, 0.3) is 11.0 Å². The lowest BCUT2D eigenvalue weighted by molar-refractivity contribution is -0.116. The molecular weight excluding hydrogens is 374 g/mol. The number of amides is 1. The highest BCUT2D eigenvalue weighted by Crippen LogP contribution is 2.34. The summed E-state index contributed by atoms with van der Waals surface area (Å²) in [6.45, 7) is 5.02. The molecule has 0 spiro atoms. The highest BCUT2D eigenvalue weighted by molar-refractivity contribution is 5.94. The molecule has 0 fully saturated rings. The van der Waals surface area contributed by atoms with Crippen molar-refractivity contribution in [3.63, 3.8) is 0 Å². The Morgan fingerprint density at radius 1 is 1.14 bits per heavy atom. The number of fused-ring (bicyclic) bond motifs is 2. The lowest BCUT2D eigenvalue weighted by Gasteiger charge is -2.18. The SMILES string of the molecule is CCOC(=O)c1ccc(NC(=O)Cn2c(C)nc3cc4c(cc32)OCCO4)cc1. The molecule has 0 bridgehead atoms. The number of ether oxygens (including phenoxy) is 3. The predicted molar refractivity (Wildman–Crippen MR) is 106 cm³/mol. The maximum atomic E-state index is 12.6. The summed E-state index contributed by atoms with van der Waals surface area (Å²) >= 11 is 0. The molecule has 1 aliphatic rings. The third-order valence-electron chi connectivity index (χ3n) is 4.58. The summed E-state index contributed by atoms with van der Waals surface area (Å²) in [7, 11) is 0. The summed E-state index contributed by atoms with van der Waals surface area (Å²) in [6.07, 6.45) is 0. The number of imidazole rings is 1. The molecule has 4 rings (SSSR count). The standard InChI is InChI=1S/C21H21N3O5/c1-3-27-21(26)14-4-6-15(7-5-14)23-20(25)12-24-13(2)22-16-10-18-19(11-17(16)24)29-9-8-28-18/h4-7,10-11H,3,8-9,12H2,1-2H3,(H,23,25). The van der Waals surface area contributed by atoms with E-state index in [2.05, 4.69) is 10.3 Å².